The molecule has 0 aromatic heterocycles. The maximum Gasteiger partial charge on any atom is 0.138 e. The third-order valence-electron chi connectivity index (χ3n) is 3.49. The molecule has 0 aliphatic carbocycles. The van der Waals surface area contributed by atoms with E-state index in [0.717, 1.165) is 13.1 Å². The first-order valence-corrected chi connectivity index (χ1v) is 7.89. The molecule has 1 aliphatic rings. The first-order chi connectivity index (χ1) is 9.65. The van der Waals surface area contributed by atoms with Crippen LogP contribution >= 0.6 is 23.2 Å². The number of halogens is 2. The average molecular weight is 318 g/mol. The van der Waals surface area contributed by atoms with Crippen molar-refractivity contribution in [1.82, 2.24) is 4.90 Å². The summed E-state index contributed by atoms with van der Waals surface area (Å²) in [5.74, 6) is 0.561. The number of benzene rings is 1. The fourth-order valence-electron chi connectivity index (χ4n) is 2.45. The summed E-state index contributed by atoms with van der Waals surface area (Å²) in [6.07, 6.45) is 4.53. The molecule has 0 amide bonds. The predicted octanol–water partition coefficient (Wildman–Crippen LogP) is 3.61. The third-order valence-corrected chi connectivity index (χ3v) is 4.02. The van der Waals surface area contributed by atoms with E-state index in [0.29, 0.717) is 22.3 Å². The first-order valence-electron chi connectivity index (χ1n) is 7.13. The van der Waals surface area contributed by atoms with Crippen LogP contribution in [-0.4, -0.2) is 42.4 Å². The number of rotatable bonds is 5. The Kier molecular flexibility index (Phi) is 6.43. The normalized spacial score (nSPS) is 18.6. The molecule has 3 nitrogen and oxygen atoms in total. The lowest BCUT2D eigenvalue weighted by Gasteiger charge is -2.23. The molecule has 1 aromatic rings. The SMILES string of the molecule is O[C@H](COc1ccc(Cl)cc1Cl)CN1CCCCCC1. The van der Waals surface area contributed by atoms with Gasteiger partial charge in [0.2, 0.25) is 0 Å². The van der Waals surface area contributed by atoms with Crippen LogP contribution in [0.15, 0.2) is 18.2 Å². The second-order valence-corrected chi connectivity index (χ2v) is 6.10. The molecule has 20 heavy (non-hydrogen) atoms. The number of hydrogen-bond acceptors (Lipinski definition) is 3. The topological polar surface area (TPSA) is 32.7 Å². The second kappa shape index (κ2) is 8.08. The van der Waals surface area contributed by atoms with Gasteiger partial charge in [0.25, 0.3) is 0 Å². The fourth-order valence-corrected chi connectivity index (χ4v) is 2.91. The number of nitrogens with zero attached hydrogens (tertiary/aromatic N) is 1. The van der Waals surface area contributed by atoms with Crippen LogP contribution in [0.25, 0.3) is 0 Å². The van der Waals surface area contributed by atoms with Gasteiger partial charge < -0.3 is 14.7 Å². The molecular formula is C15H21Cl2NO2. The molecule has 1 N–H and O–H groups in total. The Balaban J connectivity index is 1.77. The standard InChI is InChI=1S/C15H21Cl2NO2/c16-12-5-6-15(14(17)9-12)20-11-13(19)10-18-7-3-1-2-4-8-18/h5-6,9,13,19H,1-4,7-8,10-11H2/t13-/m0/s1. The minimum absolute atomic E-state index is 0.248. The van der Waals surface area contributed by atoms with E-state index in [1.807, 2.05) is 0 Å². The summed E-state index contributed by atoms with van der Waals surface area (Å²) in [4.78, 5) is 2.31. The maximum atomic E-state index is 10.1. The number of β-amino-alcohol motifs (C(OH)–C–C–N with tert-alkyl or cyclic N) is 1. The van der Waals surface area contributed by atoms with Gasteiger partial charge in [-0.2, -0.15) is 0 Å². The lowest BCUT2D eigenvalue weighted by Crippen LogP contribution is -2.36. The lowest BCUT2D eigenvalue weighted by atomic mass is 10.2. The van der Waals surface area contributed by atoms with Gasteiger partial charge in [0.05, 0.1) is 5.02 Å². The van der Waals surface area contributed by atoms with Crippen molar-refractivity contribution in [3.63, 3.8) is 0 Å². The van der Waals surface area contributed by atoms with Crippen molar-refractivity contribution in [1.29, 1.82) is 0 Å². The highest BCUT2D eigenvalue weighted by molar-refractivity contribution is 6.35. The third kappa shape index (κ3) is 5.13. The van der Waals surface area contributed by atoms with Gasteiger partial charge in [-0.1, -0.05) is 36.0 Å². The molecule has 112 valence electrons. The van der Waals surface area contributed by atoms with Crippen molar-refractivity contribution in [3.8, 4) is 5.75 Å². The van der Waals surface area contributed by atoms with Gasteiger partial charge in [-0.05, 0) is 44.1 Å². The van der Waals surface area contributed by atoms with Crippen molar-refractivity contribution in [2.24, 2.45) is 0 Å². The summed E-state index contributed by atoms with van der Waals surface area (Å²) in [6.45, 7) is 3.04. The molecule has 0 unspecified atom stereocenters. The monoisotopic (exact) mass is 317 g/mol. The molecule has 1 saturated heterocycles. The minimum Gasteiger partial charge on any atom is -0.489 e. The van der Waals surface area contributed by atoms with Gasteiger partial charge in [-0.15, -0.1) is 0 Å². The van der Waals surface area contributed by atoms with Gasteiger partial charge >= 0.3 is 0 Å². The van der Waals surface area contributed by atoms with Crippen molar-refractivity contribution in [3.05, 3.63) is 28.2 Å². The highest BCUT2D eigenvalue weighted by Crippen LogP contribution is 2.27. The molecule has 1 heterocycles. The quantitative estimate of drug-likeness (QED) is 0.900. The van der Waals surface area contributed by atoms with Crippen molar-refractivity contribution in [2.45, 2.75) is 31.8 Å². The molecule has 5 heteroatoms. The lowest BCUT2D eigenvalue weighted by molar-refractivity contribution is 0.0694. The molecule has 1 atom stereocenters. The summed E-state index contributed by atoms with van der Waals surface area (Å²) in [5, 5.41) is 11.1. The number of hydrogen-bond donors (Lipinski definition) is 1. The van der Waals surface area contributed by atoms with Crippen molar-refractivity contribution >= 4 is 23.2 Å². The molecule has 1 aliphatic heterocycles. The van der Waals surface area contributed by atoms with E-state index in [1.54, 1.807) is 18.2 Å². The van der Waals surface area contributed by atoms with Gasteiger partial charge in [0.1, 0.15) is 18.5 Å². The van der Waals surface area contributed by atoms with Crippen LogP contribution in [0.4, 0.5) is 0 Å². The van der Waals surface area contributed by atoms with Gasteiger partial charge in [0, 0.05) is 11.6 Å². The summed E-state index contributed by atoms with van der Waals surface area (Å²) in [5.41, 5.74) is 0. The van der Waals surface area contributed by atoms with Gasteiger partial charge in [-0.3, -0.25) is 0 Å². The Hall–Kier alpha value is -0.480. The molecule has 0 saturated carbocycles. The van der Waals surface area contributed by atoms with Crippen LogP contribution in [0.5, 0.6) is 5.75 Å². The Morgan fingerprint density at radius 3 is 2.50 bits per heavy atom. The minimum atomic E-state index is -0.500. The summed E-state index contributed by atoms with van der Waals surface area (Å²) in [7, 11) is 0. The van der Waals surface area contributed by atoms with Crippen LogP contribution in [-0.2, 0) is 0 Å². The summed E-state index contributed by atoms with van der Waals surface area (Å²) >= 11 is 11.9. The van der Waals surface area contributed by atoms with E-state index in [1.165, 1.54) is 25.7 Å². The van der Waals surface area contributed by atoms with Crippen LogP contribution in [0.2, 0.25) is 10.0 Å². The van der Waals surface area contributed by atoms with E-state index in [2.05, 4.69) is 4.90 Å². The molecule has 1 aromatic carbocycles. The van der Waals surface area contributed by atoms with E-state index in [9.17, 15) is 5.11 Å². The summed E-state index contributed by atoms with van der Waals surface area (Å²) < 4.78 is 5.56. The highest BCUT2D eigenvalue weighted by atomic mass is 35.5. The van der Waals surface area contributed by atoms with Crippen LogP contribution in [0.1, 0.15) is 25.7 Å². The highest BCUT2D eigenvalue weighted by Gasteiger charge is 2.14. The van der Waals surface area contributed by atoms with E-state index < -0.39 is 6.10 Å². The van der Waals surface area contributed by atoms with Crippen molar-refractivity contribution < 1.29 is 9.84 Å². The molecule has 0 bridgehead atoms. The Morgan fingerprint density at radius 1 is 1.15 bits per heavy atom. The molecular weight excluding hydrogens is 297 g/mol. The van der Waals surface area contributed by atoms with Gasteiger partial charge in [-0.25, -0.2) is 0 Å². The Labute approximate surface area is 130 Å². The predicted molar refractivity (Wildman–Crippen MR) is 82.9 cm³/mol. The number of likely N-dealkylation sites (tertiary alicyclic amines) is 1. The van der Waals surface area contributed by atoms with E-state index >= 15 is 0 Å². The number of aliphatic hydroxyl groups is 1. The molecule has 0 radical (unpaired) electrons. The zero-order valence-corrected chi connectivity index (χ0v) is 13.0. The number of ether oxygens (including phenoxy) is 1. The van der Waals surface area contributed by atoms with Crippen LogP contribution in [0, 0.1) is 0 Å². The molecule has 2 rings (SSSR count). The zero-order chi connectivity index (χ0) is 14.4. The van der Waals surface area contributed by atoms with Gasteiger partial charge in [0.15, 0.2) is 0 Å². The van der Waals surface area contributed by atoms with Crippen LogP contribution < -0.4 is 4.74 Å². The largest absolute Gasteiger partial charge is 0.489 e. The van der Waals surface area contributed by atoms with Crippen LogP contribution in [0.3, 0.4) is 0 Å². The molecule has 0 spiro atoms. The zero-order valence-electron chi connectivity index (χ0n) is 11.5. The van der Waals surface area contributed by atoms with Crippen molar-refractivity contribution in [2.75, 3.05) is 26.2 Å². The van der Waals surface area contributed by atoms with E-state index in [-0.39, 0.29) is 6.61 Å². The smallest absolute Gasteiger partial charge is 0.138 e. The fraction of sp³-hybridized carbons (Fsp3) is 0.600. The second-order valence-electron chi connectivity index (χ2n) is 5.25. The maximum absolute atomic E-state index is 10.1. The number of aliphatic hydroxyl groups excluding tert-OH is 1. The van der Waals surface area contributed by atoms with E-state index in [4.69, 9.17) is 27.9 Å². The summed E-state index contributed by atoms with van der Waals surface area (Å²) in [6, 6.07) is 5.09. The Morgan fingerprint density at radius 2 is 1.85 bits per heavy atom. The Bertz CT molecular complexity index is 420. The first kappa shape index (κ1) is 15.9. The average Bonchev–Trinajstić information content (AvgIpc) is 2.66. The molecule has 1 fully saturated rings.